The van der Waals surface area contributed by atoms with E-state index in [4.69, 9.17) is 4.42 Å². The number of amides is 1. The van der Waals surface area contributed by atoms with Crippen LogP contribution in [0.1, 0.15) is 11.3 Å². The lowest BCUT2D eigenvalue weighted by molar-refractivity contribution is -0.115. The highest BCUT2D eigenvalue weighted by Crippen LogP contribution is 2.26. The van der Waals surface area contributed by atoms with Crippen LogP contribution in [-0.2, 0) is 11.2 Å². The Hall–Kier alpha value is -1.92. The first-order valence-electron chi connectivity index (χ1n) is 6.67. The van der Waals surface area contributed by atoms with Crippen LogP contribution < -0.4 is 5.32 Å². The quantitative estimate of drug-likeness (QED) is 0.720. The largest absolute Gasteiger partial charge is 0.460 e. The molecule has 2 aromatic heterocycles. The maximum atomic E-state index is 12.0. The third-order valence-electron chi connectivity index (χ3n) is 3.02. The van der Waals surface area contributed by atoms with E-state index in [1.165, 1.54) is 11.3 Å². The Morgan fingerprint density at radius 3 is 2.73 bits per heavy atom. The monoisotopic (exact) mass is 376 g/mol. The molecular weight excluding hydrogens is 364 g/mol. The number of furan rings is 1. The molecule has 6 heteroatoms. The van der Waals surface area contributed by atoms with E-state index >= 15 is 0 Å². The summed E-state index contributed by atoms with van der Waals surface area (Å²) in [5, 5.41) is 5.26. The maximum Gasteiger partial charge on any atom is 0.230 e. The zero-order valence-corrected chi connectivity index (χ0v) is 14.2. The van der Waals surface area contributed by atoms with Crippen molar-refractivity contribution in [3.8, 4) is 11.5 Å². The van der Waals surface area contributed by atoms with Gasteiger partial charge in [0.25, 0.3) is 0 Å². The molecule has 0 aliphatic rings. The van der Waals surface area contributed by atoms with Crippen LogP contribution in [0.15, 0.2) is 50.7 Å². The lowest BCUT2D eigenvalue weighted by Crippen LogP contribution is -2.14. The van der Waals surface area contributed by atoms with E-state index in [0.29, 0.717) is 17.3 Å². The van der Waals surface area contributed by atoms with E-state index in [0.717, 1.165) is 21.5 Å². The van der Waals surface area contributed by atoms with Crippen LogP contribution in [0, 0.1) is 6.92 Å². The molecule has 2 heterocycles. The molecule has 112 valence electrons. The van der Waals surface area contributed by atoms with E-state index in [1.807, 2.05) is 48.7 Å². The summed E-state index contributed by atoms with van der Waals surface area (Å²) in [6, 6.07) is 11.4. The summed E-state index contributed by atoms with van der Waals surface area (Å²) < 4.78 is 6.52. The summed E-state index contributed by atoms with van der Waals surface area (Å²) >= 11 is 4.76. The number of hydrogen-bond donors (Lipinski definition) is 1. The number of anilines is 1. The molecule has 1 amide bonds. The molecular formula is C16H13BrN2O2S. The van der Waals surface area contributed by atoms with Gasteiger partial charge >= 0.3 is 0 Å². The molecule has 0 fully saturated rings. The van der Waals surface area contributed by atoms with Crippen LogP contribution in [-0.4, -0.2) is 10.9 Å². The van der Waals surface area contributed by atoms with E-state index in [1.54, 1.807) is 0 Å². The van der Waals surface area contributed by atoms with Gasteiger partial charge < -0.3 is 9.73 Å². The van der Waals surface area contributed by atoms with Crippen molar-refractivity contribution < 1.29 is 9.21 Å². The van der Waals surface area contributed by atoms with Crippen molar-refractivity contribution >= 4 is 38.3 Å². The third-order valence-corrected chi connectivity index (χ3v) is 4.31. The number of rotatable bonds is 4. The Morgan fingerprint density at radius 2 is 2.05 bits per heavy atom. The van der Waals surface area contributed by atoms with Crippen molar-refractivity contribution in [2.75, 3.05) is 5.32 Å². The van der Waals surface area contributed by atoms with Crippen molar-refractivity contribution in [3.63, 3.8) is 0 Å². The van der Waals surface area contributed by atoms with Crippen molar-refractivity contribution in [3.05, 3.63) is 57.6 Å². The van der Waals surface area contributed by atoms with Crippen molar-refractivity contribution in [2.45, 2.75) is 13.3 Å². The van der Waals surface area contributed by atoms with Gasteiger partial charge in [-0.15, -0.1) is 11.3 Å². The van der Waals surface area contributed by atoms with Crippen LogP contribution in [0.2, 0.25) is 0 Å². The SMILES string of the molecule is Cc1ccc(-c2csc(NC(=O)Cc3ccc(Br)cc3)n2)o1. The summed E-state index contributed by atoms with van der Waals surface area (Å²) in [6.07, 6.45) is 0.321. The number of aromatic nitrogens is 1. The smallest absolute Gasteiger partial charge is 0.230 e. The first-order valence-corrected chi connectivity index (χ1v) is 8.34. The van der Waals surface area contributed by atoms with Gasteiger partial charge in [0.15, 0.2) is 10.9 Å². The molecule has 0 spiro atoms. The van der Waals surface area contributed by atoms with Gasteiger partial charge in [0.1, 0.15) is 11.5 Å². The predicted octanol–water partition coefficient (Wildman–Crippen LogP) is 4.66. The molecule has 22 heavy (non-hydrogen) atoms. The minimum atomic E-state index is -0.0844. The molecule has 0 saturated carbocycles. The fourth-order valence-electron chi connectivity index (χ4n) is 1.97. The Balaban J connectivity index is 1.64. The fraction of sp³-hybridized carbons (Fsp3) is 0.125. The summed E-state index contributed by atoms with van der Waals surface area (Å²) in [6.45, 7) is 1.89. The number of aryl methyl sites for hydroxylation is 1. The van der Waals surface area contributed by atoms with Crippen LogP contribution in [0.3, 0.4) is 0 Å². The lowest BCUT2D eigenvalue weighted by Gasteiger charge is -2.02. The fourth-order valence-corrected chi connectivity index (χ4v) is 2.95. The standard InChI is InChI=1S/C16H13BrN2O2S/c1-10-2-7-14(21-10)13-9-22-16(18-13)19-15(20)8-11-3-5-12(17)6-4-11/h2-7,9H,8H2,1H3,(H,18,19,20). The molecule has 3 aromatic rings. The van der Waals surface area contributed by atoms with Gasteiger partial charge in [-0.25, -0.2) is 4.98 Å². The first kappa shape index (κ1) is 15.0. The number of carbonyl (C=O) groups excluding carboxylic acids is 1. The van der Waals surface area contributed by atoms with E-state index in [2.05, 4.69) is 26.2 Å². The number of hydrogen-bond acceptors (Lipinski definition) is 4. The van der Waals surface area contributed by atoms with E-state index in [9.17, 15) is 4.79 Å². The van der Waals surface area contributed by atoms with Gasteiger partial charge in [0.2, 0.25) is 5.91 Å². The molecule has 0 unspecified atom stereocenters. The number of nitrogens with one attached hydrogen (secondary N) is 1. The second-order valence-electron chi connectivity index (χ2n) is 4.80. The molecule has 0 bridgehead atoms. The van der Waals surface area contributed by atoms with Gasteiger partial charge in [-0.05, 0) is 36.8 Å². The van der Waals surface area contributed by atoms with Crippen molar-refractivity contribution in [1.82, 2.24) is 4.98 Å². The average molecular weight is 377 g/mol. The summed E-state index contributed by atoms with van der Waals surface area (Å²) in [5.41, 5.74) is 1.69. The number of thiazole rings is 1. The number of benzene rings is 1. The van der Waals surface area contributed by atoms with Gasteiger partial charge in [0, 0.05) is 9.85 Å². The second kappa shape index (κ2) is 6.46. The van der Waals surface area contributed by atoms with Crippen molar-refractivity contribution in [1.29, 1.82) is 0 Å². The Morgan fingerprint density at radius 1 is 1.27 bits per heavy atom. The molecule has 0 atom stereocenters. The number of nitrogens with zero attached hydrogens (tertiary/aromatic N) is 1. The normalized spacial score (nSPS) is 10.6. The average Bonchev–Trinajstić information content (AvgIpc) is 3.10. The zero-order chi connectivity index (χ0) is 15.5. The third kappa shape index (κ3) is 3.64. The molecule has 4 nitrogen and oxygen atoms in total. The highest BCUT2D eigenvalue weighted by molar-refractivity contribution is 9.10. The maximum absolute atomic E-state index is 12.0. The van der Waals surface area contributed by atoms with E-state index in [-0.39, 0.29) is 5.91 Å². The number of carbonyl (C=O) groups is 1. The highest BCUT2D eigenvalue weighted by atomic mass is 79.9. The van der Waals surface area contributed by atoms with Gasteiger partial charge in [-0.3, -0.25) is 4.79 Å². The van der Waals surface area contributed by atoms with Gasteiger partial charge in [-0.2, -0.15) is 0 Å². The molecule has 1 aromatic carbocycles. The van der Waals surface area contributed by atoms with Crippen LogP contribution in [0.25, 0.3) is 11.5 Å². The molecule has 1 N–H and O–H groups in total. The predicted molar refractivity (Wildman–Crippen MR) is 91.0 cm³/mol. The summed E-state index contributed by atoms with van der Waals surface area (Å²) in [5.74, 6) is 1.46. The molecule has 0 radical (unpaired) electrons. The second-order valence-corrected chi connectivity index (χ2v) is 6.57. The molecule has 0 saturated heterocycles. The minimum absolute atomic E-state index is 0.0844. The highest BCUT2D eigenvalue weighted by Gasteiger charge is 2.10. The Kier molecular flexibility index (Phi) is 4.40. The lowest BCUT2D eigenvalue weighted by atomic mass is 10.1. The number of halogens is 1. The minimum Gasteiger partial charge on any atom is -0.460 e. The summed E-state index contributed by atoms with van der Waals surface area (Å²) in [7, 11) is 0. The van der Waals surface area contributed by atoms with Crippen LogP contribution in [0.5, 0.6) is 0 Å². The topological polar surface area (TPSA) is 55.1 Å². The van der Waals surface area contributed by atoms with Gasteiger partial charge in [-0.1, -0.05) is 28.1 Å². The zero-order valence-electron chi connectivity index (χ0n) is 11.8. The van der Waals surface area contributed by atoms with Crippen LogP contribution >= 0.6 is 27.3 Å². The Bertz CT molecular complexity index is 793. The Labute approximate surface area is 140 Å². The van der Waals surface area contributed by atoms with Gasteiger partial charge in [0.05, 0.1) is 6.42 Å². The molecule has 0 aliphatic carbocycles. The van der Waals surface area contributed by atoms with E-state index < -0.39 is 0 Å². The first-order chi connectivity index (χ1) is 10.6. The molecule has 0 aliphatic heterocycles. The summed E-state index contributed by atoms with van der Waals surface area (Å²) in [4.78, 5) is 16.4. The van der Waals surface area contributed by atoms with Crippen molar-refractivity contribution in [2.24, 2.45) is 0 Å². The van der Waals surface area contributed by atoms with Crippen LogP contribution in [0.4, 0.5) is 5.13 Å². The molecule has 3 rings (SSSR count).